The van der Waals surface area contributed by atoms with E-state index in [0.717, 1.165) is 18.7 Å². The van der Waals surface area contributed by atoms with E-state index in [-0.39, 0.29) is 10.8 Å². The molecule has 0 fully saturated rings. The summed E-state index contributed by atoms with van der Waals surface area (Å²) < 4.78 is 13.6. The Morgan fingerprint density at radius 2 is 2.18 bits per heavy atom. The highest BCUT2D eigenvalue weighted by molar-refractivity contribution is 6.30. The first-order valence-corrected chi connectivity index (χ1v) is 6.20. The van der Waals surface area contributed by atoms with Crippen LogP contribution >= 0.6 is 11.6 Å². The highest BCUT2D eigenvalue weighted by atomic mass is 35.5. The van der Waals surface area contributed by atoms with E-state index in [4.69, 9.17) is 11.6 Å². The van der Waals surface area contributed by atoms with Gasteiger partial charge in [-0.3, -0.25) is 0 Å². The lowest BCUT2D eigenvalue weighted by molar-refractivity contribution is 0.572. The fourth-order valence-electron chi connectivity index (χ4n) is 1.51. The van der Waals surface area contributed by atoms with Gasteiger partial charge in [-0.05, 0) is 25.5 Å². The maximum Gasteiger partial charge on any atom is 0.148 e. The Morgan fingerprint density at radius 3 is 2.82 bits per heavy atom. The number of hydrogen-bond donors (Lipinski definition) is 1. The van der Waals surface area contributed by atoms with E-state index in [2.05, 4.69) is 19.2 Å². The summed E-state index contributed by atoms with van der Waals surface area (Å²) in [6.45, 7) is 8.02. The molecule has 0 saturated heterocycles. The van der Waals surface area contributed by atoms with Crippen molar-refractivity contribution in [1.82, 2.24) is 5.32 Å². The molecule has 0 amide bonds. The molecule has 0 spiro atoms. The van der Waals surface area contributed by atoms with E-state index in [1.54, 1.807) is 18.2 Å². The van der Waals surface area contributed by atoms with Crippen molar-refractivity contribution < 1.29 is 4.39 Å². The van der Waals surface area contributed by atoms with Crippen molar-refractivity contribution in [1.29, 1.82) is 0 Å². The third-order valence-electron chi connectivity index (χ3n) is 2.34. The Bertz CT molecular complexity index is 399. The monoisotopic (exact) mass is 255 g/mol. The van der Waals surface area contributed by atoms with Crippen molar-refractivity contribution in [2.45, 2.75) is 20.8 Å². The van der Waals surface area contributed by atoms with Gasteiger partial charge >= 0.3 is 0 Å². The van der Waals surface area contributed by atoms with E-state index in [0.29, 0.717) is 11.5 Å². The molecule has 0 unspecified atom stereocenters. The molecule has 0 bridgehead atoms. The van der Waals surface area contributed by atoms with Gasteiger partial charge in [0.25, 0.3) is 0 Å². The molecular formula is C14H19ClFN. The molecule has 1 rings (SSSR count). The van der Waals surface area contributed by atoms with E-state index >= 15 is 0 Å². The second-order valence-corrected chi connectivity index (χ2v) is 5.07. The Morgan fingerprint density at radius 1 is 1.47 bits per heavy atom. The SMILES string of the molecule is C/C(=C\c1cccc(Cl)c1F)CNCC(C)C. The van der Waals surface area contributed by atoms with Crippen molar-refractivity contribution in [2.75, 3.05) is 13.1 Å². The summed E-state index contributed by atoms with van der Waals surface area (Å²) in [6, 6.07) is 5.04. The molecule has 0 aromatic heterocycles. The summed E-state index contributed by atoms with van der Waals surface area (Å²) in [5, 5.41) is 3.48. The predicted molar refractivity (Wildman–Crippen MR) is 72.8 cm³/mol. The average molecular weight is 256 g/mol. The van der Waals surface area contributed by atoms with Crippen LogP contribution in [0, 0.1) is 11.7 Å². The second kappa shape index (κ2) is 6.77. The van der Waals surface area contributed by atoms with E-state index in [9.17, 15) is 4.39 Å². The molecule has 0 saturated carbocycles. The molecule has 0 aliphatic carbocycles. The number of hydrogen-bond acceptors (Lipinski definition) is 1. The number of benzene rings is 1. The van der Waals surface area contributed by atoms with Gasteiger partial charge in [-0.2, -0.15) is 0 Å². The minimum Gasteiger partial charge on any atom is -0.313 e. The van der Waals surface area contributed by atoms with E-state index in [1.165, 1.54) is 0 Å². The summed E-state index contributed by atoms with van der Waals surface area (Å²) >= 11 is 5.72. The zero-order valence-corrected chi connectivity index (χ0v) is 11.3. The van der Waals surface area contributed by atoms with E-state index in [1.807, 2.05) is 13.0 Å². The van der Waals surface area contributed by atoms with Crippen LogP contribution in [-0.2, 0) is 0 Å². The lowest BCUT2D eigenvalue weighted by atomic mass is 10.1. The first-order chi connectivity index (χ1) is 8.00. The Kier molecular flexibility index (Phi) is 5.66. The van der Waals surface area contributed by atoms with Crippen molar-refractivity contribution in [3.63, 3.8) is 0 Å². The molecule has 0 radical (unpaired) electrons. The van der Waals surface area contributed by atoms with Gasteiger partial charge in [-0.25, -0.2) is 4.39 Å². The van der Waals surface area contributed by atoms with Gasteiger partial charge in [0.2, 0.25) is 0 Å². The molecule has 0 aliphatic heterocycles. The number of halogens is 2. The molecule has 94 valence electrons. The molecule has 1 aromatic carbocycles. The topological polar surface area (TPSA) is 12.0 Å². The molecule has 1 N–H and O–H groups in total. The Balaban J connectivity index is 2.64. The Hall–Kier alpha value is -0.860. The molecular weight excluding hydrogens is 237 g/mol. The summed E-state index contributed by atoms with van der Waals surface area (Å²) in [4.78, 5) is 0. The predicted octanol–water partition coefficient (Wildman–Crippen LogP) is 4.13. The number of nitrogens with one attached hydrogen (secondary N) is 1. The third kappa shape index (κ3) is 4.88. The molecule has 17 heavy (non-hydrogen) atoms. The summed E-state index contributed by atoms with van der Waals surface area (Å²) in [7, 11) is 0. The van der Waals surface area contributed by atoms with Crippen LogP contribution in [0.4, 0.5) is 4.39 Å². The number of rotatable bonds is 5. The standard InChI is InChI=1S/C14H19ClFN/c1-10(2)8-17-9-11(3)7-12-5-4-6-13(15)14(12)16/h4-7,10,17H,8-9H2,1-3H3/b11-7+. The van der Waals surface area contributed by atoms with Gasteiger partial charge in [-0.1, -0.05) is 49.2 Å². The van der Waals surface area contributed by atoms with Gasteiger partial charge in [0.05, 0.1) is 5.02 Å². The molecule has 0 aliphatic rings. The van der Waals surface area contributed by atoms with Gasteiger partial charge in [0.1, 0.15) is 5.82 Å². The van der Waals surface area contributed by atoms with Crippen LogP contribution in [0.25, 0.3) is 6.08 Å². The summed E-state index contributed by atoms with van der Waals surface area (Å²) in [6.07, 6.45) is 1.83. The van der Waals surface area contributed by atoms with Crippen molar-refractivity contribution in [3.8, 4) is 0 Å². The zero-order chi connectivity index (χ0) is 12.8. The highest BCUT2D eigenvalue weighted by Gasteiger charge is 2.03. The fraction of sp³-hybridized carbons (Fsp3) is 0.429. The molecule has 1 nitrogen and oxygen atoms in total. The molecule has 1 aromatic rings. The molecule has 0 atom stereocenters. The first-order valence-electron chi connectivity index (χ1n) is 5.82. The fourth-order valence-corrected chi connectivity index (χ4v) is 1.69. The van der Waals surface area contributed by atoms with Crippen molar-refractivity contribution >= 4 is 17.7 Å². The summed E-state index contributed by atoms with van der Waals surface area (Å²) in [5.41, 5.74) is 1.63. The average Bonchev–Trinajstić information content (AvgIpc) is 2.24. The highest BCUT2D eigenvalue weighted by Crippen LogP contribution is 2.19. The summed E-state index contributed by atoms with van der Waals surface area (Å²) in [5.74, 6) is 0.267. The van der Waals surface area contributed by atoms with E-state index < -0.39 is 0 Å². The maximum absolute atomic E-state index is 13.6. The second-order valence-electron chi connectivity index (χ2n) is 4.66. The molecule has 0 heterocycles. The zero-order valence-electron chi connectivity index (χ0n) is 10.6. The Labute approximate surface area is 108 Å². The van der Waals surface area contributed by atoms with Crippen LogP contribution in [0.1, 0.15) is 26.3 Å². The minimum atomic E-state index is -0.350. The lowest BCUT2D eigenvalue weighted by Gasteiger charge is -2.08. The third-order valence-corrected chi connectivity index (χ3v) is 2.63. The van der Waals surface area contributed by atoms with Crippen molar-refractivity contribution in [3.05, 3.63) is 40.2 Å². The quantitative estimate of drug-likeness (QED) is 0.834. The largest absolute Gasteiger partial charge is 0.313 e. The van der Waals surface area contributed by atoms with Crippen LogP contribution in [0.5, 0.6) is 0 Å². The molecule has 3 heteroatoms. The minimum absolute atomic E-state index is 0.168. The first kappa shape index (κ1) is 14.2. The van der Waals surface area contributed by atoms with Gasteiger partial charge < -0.3 is 5.32 Å². The lowest BCUT2D eigenvalue weighted by Crippen LogP contribution is -2.21. The normalized spacial score (nSPS) is 12.2. The van der Waals surface area contributed by atoms with Crippen LogP contribution in [0.3, 0.4) is 0 Å². The van der Waals surface area contributed by atoms with Crippen molar-refractivity contribution in [2.24, 2.45) is 5.92 Å². The van der Waals surface area contributed by atoms with Gasteiger partial charge in [-0.15, -0.1) is 0 Å². The van der Waals surface area contributed by atoms with Crippen LogP contribution in [-0.4, -0.2) is 13.1 Å². The van der Waals surface area contributed by atoms with Crippen LogP contribution in [0.15, 0.2) is 23.8 Å². The van der Waals surface area contributed by atoms with Gasteiger partial charge in [0.15, 0.2) is 0 Å². The smallest absolute Gasteiger partial charge is 0.148 e. The van der Waals surface area contributed by atoms with Crippen LogP contribution < -0.4 is 5.32 Å². The van der Waals surface area contributed by atoms with Gasteiger partial charge in [0, 0.05) is 12.1 Å². The van der Waals surface area contributed by atoms with Crippen LogP contribution in [0.2, 0.25) is 5.02 Å². The maximum atomic E-state index is 13.6.